The lowest BCUT2D eigenvalue weighted by Crippen LogP contribution is -2.36. The number of ether oxygens (including phenoxy) is 1. The van der Waals surface area contributed by atoms with Gasteiger partial charge in [0.1, 0.15) is 5.75 Å². The second-order valence-electron chi connectivity index (χ2n) is 6.15. The molecule has 8 nitrogen and oxygen atoms in total. The van der Waals surface area contributed by atoms with E-state index in [1.807, 2.05) is 0 Å². The van der Waals surface area contributed by atoms with Gasteiger partial charge in [0.25, 0.3) is 5.69 Å². The van der Waals surface area contributed by atoms with E-state index in [1.54, 1.807) is 23.1 Å². The standard InChI is InChI=1S/C19H18N2O6/c22-18-9-4-14-12-15(21(25)26)5-8-17(14)20(18)10-1-11-27-16-6-2-13(3-7-16)19(23)24/h2-3,5-8,12H,1,4,9-11H2,(H,23,24). The van der Waals surface area contributed by atoms with Crippen LogP contribution in [-0.4, -0.2) is 35.1 Å². The highest BCUT2D eigenvalue weighted by molar-refractivity contribution is 5.96. The Hall–Kier alpha value is -3.42. The summed E-state index contributed by atoms with van der Waals surface area (Å²) in [5.74, 6) is -0.452. The molecule has 3 rings (SSSR count). The molecule has 8 heteroatoms. The summed E-state index contributed by atoms with van der Waals surface area (Å²) in [7, 11) is 0. The molecule has 0 saturated carbocycles. The summed E-state index contributed by atoms with van der Waals surface area (Å²) in [6, 6.07) is 10.7. The molecular formula is C19H18N2O6. The third-order valence-corrected chi connectivity index (χ3v) is 4.37. The van der Waals surface area contributed by atoms with Gasteiger partial charge in [-0.05, 0) is 48.7 Å². The van der Waals surface area contributed by atoms with Crippen LogP contribution in [-0.2, 0) is 11.2 Å². The van der Waals surface area contributed by atoms with E-state index in [0.29, 0.717) is 43.9 Å². The van der Waals surface area contributed by atoms with E-state index in [1.165, 1.54) is 24.3 Å². The monoisotopic (exact) mass is 370 g/mol. The molecule has 0 aliphatic carbocycles. The van der Waals surface area contributed by atoms with Crippen molar-refractivity contribution in [2.75, 3.05) is 18.1 Å². The molecule has 2 aromatic carbocycles. The summed E-state index contributed by atoms with van der Waals surface area (Å²) >= 11 is 0. The second-order valence-corrected chi connectivity index (χ2v) is 6.15. The van der Waals surface area contributed by atoms with Gasteiger partial charge in [-0.3, -0.25) is 14.9 Å². The van der Waals surface area contributed by atoms with Crippen LogP contribution in [0.25, 0.3) is 0 Å². The number of carboxylic acid groups (broad SMARTS) is 1. The number of amides is 1. The molecule has 0 saturated heterocycles. The first-order chi connectivity index (χ1) is 13.0. The number of benzene rings is 2. The molecule has 1 heterocycles. The molecule has 1 N–H and O–H groups in total. The zero-order valence-corrected chi connectivity index (χ0v) is 14.5. The van der Waals surface area contributed by atoms with E-state index >= 15 is 0 Å². The van der Waals surface area contributed by atoms with Gasteiger partial charge in [-0.2, -0.15) is 0 Å². The molecule has 0 fully saturated rings. The normalized spacial score (nSPS) is 13.2. The number of carbonyl (C=O) groups excluding carboxylic acids is 1. The number of nitro benzene ring substituents is 1. The highest BCUT2D eigenvalue weighted by Crippen LogP contribution is 2.31. The summed E-state index contributed by atoms with van der Waals surface area (Å²) in [5, 5.41) is 19.8. The third kappa shape index (κ3) is 4.22. The van der Waals surface area contributed by atoms with Crippen LogP contribution in [0.4, 0.5) is 11.4 Å². The Bertz CT molecular complexity index is 878. The van der Waals surface area contributed by atoms with Crippen LogP contribution in [0.3, 0.4) is 0 Å². The molecule has 0 aromatic heterocycles. The number of anilines is 1. The summed E-state index contributed by atoms with van der Waals surface area (Å²) < 4.78 is 5.59. The highest BCUT2D eigenvalue weighted by Gasteiger charge is 2.25. The van der Waals surface area contributed by atoms with Crippen molar-refractivity contribution in [1.82, 2.24) is 0 Å². The van der Waals surface area contributed by atoms with Crippen molar-refractivity contribution in [3.05, 3.63) is 63.7 Å². The Kier molecular flexibility index (Phi) is 5.35. The van der Waals surface area contributed by atoms with Crippen molar-refractivity contribution in [2.24, 2.45) is 0 Å². The summed E-state index contributed by atoms with van der Waals surface area (Å²) in [4.78, 5) is 35.2. The van der Waals surface area contributed by atoms with E-state index in [4.69, 9.17) is 9.84 Å². The van der Waals surface area contributed by atoms with E-state index in [9.17, 15) is 19.7 Å². The first-order valence-electron chi connectivity index (χ1n) is 8.49. The Morgan fingerprint density at radius 1 is 1.19 bits per heavy atom. The van der Waals surface area contributed by atoms with Gasteiger partial charge >= 0.3 is 5.97 Å². The van der Waals surface area contributed by atoms with Crippen molar-refractivity contribution in [3.8, 4) is 5.75 Å². The number of aromatic carboxylic acids is 1. The van der Waals surface area contributed by atoms with Crippen LogP contribution in [0.5, 0.6) is 5.75 Å². The number of fused-ring (bicyclic) bond motifs is 1. The Balaban J connectivity index is 1.58. The molecule has 140 valence electrons. The molecule has 0 spiro atoms. The zero-order valence-electron chi connectivity index (χ0n) is 14.5. The molecule has 0 atom stereocenters. The molecule has 1 aliphatic heterocycles. The van der Waals surface area contributed by atoms with E-state index in [0.717, 1.165) is 5.56 Å². The third-order valence-electron chi connectivity index (χ3n) is 4.37. The summed E-state index contributed by atoms with van der Waals surface area (Å²) in [5.41, 5.74) is 1.72. The van der Waals surface area contributed by atoms with E-state index in [-0.39, 0.29) is 17.2 Å². The minimum absolute atomic E-state index is 0.0119. The van der Waals surface area contributed by atoms with Gasteiger partial charge in [-0.25, -0.2) is 4.79 Å². The lowest BCUT2D eigenvalue weighted by Gasteiger charge is -2.29. The SMILES string of the molecule is O=C(O)c1ccc(OCCCN2C(=O)CCc3cc([N+](=O)[O-])ccc32)cc1. The van der Waals surface area contributed by atoms with Gasteiger partial charge in [0.15, 0.2) is 0 Å². The van der Waals surface area contributed by atoms with Gasteiger partial charge in [-0.1, -0.05) is 0 Å². The molecule has 27 heavy (non-hydrogen) atoms. The maximum atomic E-state index is 12.2. The number of rotatable bonds is 7. The predicted octanol–water partition coefficient (Wildman–Crippen LogP) is 3.04. The first kappa shape index (κ1) is 18.4. The number of carbonyl (C=O) groups is 2. The fourth-order valence-corrected chi connectivity index (χ4v) is 3.01. The van der Waals surface area contributed by atoms with Crippen molar-refractivity contribution in [3.63, 3.8) is 0 Å². The lowest BCUT2D eigenvalue weighted by atomic mass is 10.0. The number of carboxylic acids is 1. The Morgan fingerprint density at radius 3 is 2.59 bits per heavy atom. The maximum Gasteiger partial charge on any atom is 0.335 e. The van der Waals surface area contributed by atoms with Gasteiger partial charge in [0.05, 0.1) is 17.1 Å². The lowest BCUT2D eigenvalue weighted by molar-refractivity contribution is -0.384. The Labute approximate surface area is 155 Å². The summed E-state index contributed by atoms with van der Waals surface area (Å²) in [6.07, 6.45) is 1.40. The molecule has 1 amide bonds. The first-order valence-corrected chi connectivity index (χ1v) is 8.49. The van der Waals surface area contributed by atoms with Gasteiger partial charge in [0.2, 0.25) is 5.91 Å². The largest absolute Gasteiger partial charge is 0.494 e. The van der Waals surface area contributed by atoms with Gasteiger partial charge in [-0.15, -0.1) is 0 Å². The highest BCUT2D eigenvalue weighted by atomic mass is 16.6. The number of nitro groups is 1. The van der Waals surface area contributed by atoms with Crippen LogP contribution in [0, 0.1) is 10.1 Å². The molecule has 1 aliphatic rings. The zero-order chi connectivity index (χ0) is 19.4. The van der Waals surface area contributed by atoms with Gasteiger partial charge in [0, 0.05) is 30.8 Å². The quantitative estimate of drug-likeness (QED) is 0.456. The smallest absolute Gasteiger partial charge is 0.335 e. The van der Waals surface area contributed by atoms with Crippen molar-refractivity contribution >= 4 is 23.3 Å². The molecule has 0 unspecified atom stereocenters. The van der Waals surface area contributed by atoms with Gasteiger partial charge < -0.3 is 14.7 Å². The number of nitrogens with zero attached hydrogens (tertiary/aromatic N) is 2. The second kappa shape index (κ2) is 7.86. The van der Waals surface area contributed by atoms with Crippen LogP contribution in [0.1, 0.15) is 28.8 Å². The number of aryl methyl sites for hydroxylation is 1. The number of hydrogen-bond donors (Lipinski definition) is 1. The van der Waals surface area contributed by atoms with Crippen LogP contribution >= 0.6 is 0 Å². The number of non-ortho nitro benzene ring substituents is 1. The fourth-order valence-electron chi connectivity index (χ4n) is 3.01. The maximum absolute atomic E-state index is 12.2. The van der Waals surface area contributed by atoms with Crippen molar-refractivity contribution in [2.45, 2.75) is 19.3 Å². The minimum Gasteiger partial charge on any atom is -0.494 e. The van der Waals surface area contributed by atoms with Crippen molar-refractivity contribution in [1.29, 1.82) is 0 Å². The molecule has 2 aromatic rings. The van der Waals surface area contributed by atoms with Crippen molar-refractivity contribution < 1.29 is 24.4 Å². The van der Waals surface area contributed by atoms with Crippen LogP contribution in [0.2, 0.25) is 0 Å². The minimum atomic E-state index is -0.996. The fraction of sp³-hybridized carbons (Fsp3) is 0.263. The average Bonchev–Trinajstić information content (AvgIpc) is 2.66. The number of hydrogen-bond acceptors (Lipinski definition) is 5. The Morgan fingerprint density at radius 2 is 1.93 bits per heavy atom. The molecule has 0 bridgehead atoms. The van der Waals surface area contributed by atoms with E-state index < -0.39 is 10.9 Å². The molecular weight excluding hydrogens is 352 g/mol. The summed E-state index contributed by atoms with van der Waals surface area (Å²) in [6.45, 7) is 0.801. The average molecular weight is 370 g/mol. The van der Waals surface area contributed by atoms with E-state index in [2.05, 4.69) is 0 Å². The topological polar surface area (TPSA) is 110 Å². The van der Waals surface area contributed by atoms with Crippen LogP contribution in [0.15, 0.2) is 42.5 Å². The molecule has 0 radical (unpaired) electrons. The van der Waals surface area contributed by atoms with Crippen LogP contribution < -0.4 is 9.64 Å². The predicted molar refractivity (Wildman–Crippen MR) is 97.3 cm³/mol.